The Morgan fingerprint density at radius 1 is 1.19 bits per heavy atom. The Morgan fingerprint density at radius 2 is 1.94 bits per heavy atom. The van der Waals surface area contributed by atoms with Gasteiger partial charge < -0.3 is 20.3 Å². The summed E-state index contributed by atoms with van der Waals surface area (Å²) in [4.78, 5) is 13.3. The number of phenols is 2. The first-order valence-electron chi connectivity index (χ1n) is 11.1. The van der Waals surface area contributed by atoms with Crippen LogP contribution in [0.1, 0.15) is 79.8 Å². The summed E-state index contributed by atoms with van der Waals surface area (Å²) in [5.74, 6) is 0.208. The maximum absolute atomic E-state index is 13.3. The highest BCUT2D eigenvalue weighted by Gasteiger charge is 2.27. The van der Waals surface area contributed by atoms with Crippen molar-refractivity contribution in [3.8, 4) is 17.2 Å². The number of benzene rings is 2. The lowest BCUT2D eigenvalue weighted by atomic mass is 9.83. The number of amides is 1. The van der Waals surface area contributed by atoms with Gasteiger partial charge in [-0.1, -0.05) is 31.4 Å². The zero-order valence-electron chi connectivity index (χ0n) is 18.7. The molecule has 3 rings (SSSR count). The lowest BCUT2D eigenvalue weighted by Gasteiger charge is -2.24. The van der Waals surface area contributed by atoms with Crippen LogP contribution in [0.4, 0.5) is 5.69 Å². The van der Waals surface area contributed by atoms with Gasteiger partial charge >= 0.3 is 0 Å². The highest BCUT2D eigenvalue weighted by molar-refractivity contribution is 6.07. The summed E-state index contributed by atoms with van der Waals surface area (Å²) in [7, 11) is 1.59. The summed E-state index contributed by atoms with van der Waals surface area (Å²) in [6, 6.07) is 8.74. The number of hydrogen-bond acceptors (Lipinski definition) is 4. The molecule has 0 heterocycles. The molecule has 5 nitrogen and oxygen atoms in total. The summed E-state index contributed by atoms with van der Waals surface area (Å²) < 4.78 is 5.17. The fraction of sp³-hybridized carbons (Fsp3) is 0.423. The van der Waals surface area contributed by atoms with Crippen LogP contribution in [0.25, 0.3) is 0 Å². The Balaban J connectivity index is 2.00. The predicted molar refractivity (Wildman–Crippen MR) is 124 cm³/mol. The minimum absolute atomic E-state index is 0.0703. The summed E-state index contributed by atoms with van der Waals surface area (Å²) in [5, 5.41) is 24.9. The van der Waals surface area contributed by atoms with E-state index >= 15 is 0 Å². The van der Waals surface area contributed by atoms with Gasteiger partial charge in [-0.05, 0) is 74.9 Å². The number of hydrogen-bond donors (Lipinski definition) is 3. The van der Waals surface area contributed by atoms with E-state index in [4.69, 9.17) is 4.74 Å². The molecule has 5 heteroatoms. The third-order valence-electron chi connectivity index (χ3n) is 5.97. The molecule has 1 atom stereocenters. The molecule has 2 aromatic rings. The van der Waals surface area contributed by atoms with E-state index in [0.717, 1.165) is 38.5 Å². The molecule has 166 valence electrons. The van der Waals surface area contributed by atoms with Gasteiger partial charge in [0.05, 0.1) is 12.7 Å². The molecular formula is C26H33NO4. The maximum Gasteiger partial charge on any atom is 0.259 e. The van der Waals surface area contributed by atoms with Gasteiger partial charge in [-0.3, -0.25) is 4.79 Å². The maximum atomic E-state index is 13.3. The zero-order valence-corrected chi connectivity index (χ0v) is 18.7. The molecule has 31 heavy (non-hydrogen) atoms. The molecule has 0 saturated carbocycles. The topological polar surface area (TPSA) is 78.8 Å². The molecule has 2 aromatic carbocycles. The average Bonchev–Trinajstić information content (AvgIpc) is 2.74. The Hall–Kier alpha value is -2.95. The normalized spacial score (nSPS) is 16.0. The Morgan fingerprint density at radius 3 is 2.58 bits per heavy atom. The third kappa shape index (κ3) is 5.40. The summed E-state index contributed by atoms with van der Waals surface area (Å²) in [6.07, 6.45) is 8.55. The molecule has 0 aliphatic heterocycles. The monoisotopic (exact) mass is 423 g/mol. The molecule has 1 aliphatic carbocycles. The van der Waals surface area contributed by atoms with Crippen LogP contribution in [0.3, 0.4) is 0 Å². The number of aromatic hydroxyl groups is 2. The number of methoxy groups -OCH3 is 1. The van der Waals surface area contributed by atoms with Crippen LogP contribution in [0, 0.1) is 0 Å². The fourth-order valence-corrected chi connectivity index (χ4v) is 4.31. The zero-order chi connectivity index (χ0) is 22.4. The number of nitrogens with one attached hydrogen (secondary N) is 1. The van der Waals surface area contributed by atoms with E-state index < -0.39 is 0 Å². The van der Waals surface area contributed by atoms with E-state index in [1.165, 1.54) is 5.57 Å². The molecule has 0 aromatic heterocycles. The minimum Gasteiger partial charge on any atom is -0.507 e. The average molecular weight is 424 g/mol. The number of allylic oxidation sites excluding steroid dienone is 2. The Bertz CT molecular complexity index is 947. The number of anilines is 1. The van der Waals surface area contributed by atoms with Crippen molar-refractivity contribution in [1.82, 2.24) is 0 Å². The number of aryl methyl sites for hydroxylation is 1. The molecule has 1 amide bonds. The van der Waals surface area contributed by atoms with Crippen molar-refractivity contribution >= 4 is 11.6 Å². The van der Waals surface area contributed by atoms with Gasteiger partial charge in [0.25, 0.3) is 5.91 Å². The van der Waals surface area contributed by atoms with Crippen LogP contribution >= 0.6 is 0 Å². The van der Waals surface area contributed by atoms with E-state index in [1.807, 2.05) is 0 Å². The van der Waals surface area contributed by atoms with Gasteiger partial charge in [-0.15, -0.1) is 0 Å². The smallest absolute Gasteiger partial charge is 0.259 e. The highest BCUT2D eigenvalue weighted by atomic mass is 16.5. The molecule has 0 bridgehead atoms. The summed E-state index contributed by atoms with van der Waals surface area (Å²) in [6.45, 7) is 4.18. The lowest BCUT2D eigenvalue weighted by molar-refractivity contribution is 0.102. The van der Waals surface area contributed by atoms with Crippen LogP contribution in [-0.4, -0.2) is 23.2 Å². The molecule has 0 radical (unpaired) electrons. The molecule has 0 spiro atoms. The number of carbonyl (C=O) groups excluding carboxylic acids is 1. The SMILES string of the molecule is CCCCCc1cc(O)c(C2C=C(C)CCC2)c(O)c1C(=O)Nc1ccc(OC)cc1. The van der Waals surface area contributed by atoms with Crippen LogP contribution in [0.2, 0.25) is 0 Å². The number of phenolic OH excluding ortho intramolecular Hbond substituents is 2. The molecular weight excluding hydrogens is 390 g/mol. The van der Waals surface area contributed by atoms with Gasteiger partial charge in [-0.25, -0.2) is 0 Å². The predicted octanol–water partition coefficient (Wildman–Crippen LogP) is 6.31. The molecule has 3 N–H and O–H groups in total. The second-order valence-corrected chi connectivity index (χ2v) is 8.34. The van der Waals surface area contributed by atoms with Crippen molar-refractivity contribution in [3.63, 3.8) is 0 Å². The molecule has 1 aliphatic rings. The molecule has 0 fully saturated rings. The number of ether oxygens (including phenoxy) is 1. The molecule has 1 unspecified atom stereocenters. The number of unbranched alkanes of at least 4 members (excludes halogenated alkanes) is 2. The minimum atomic E-state index is -0.369. The van der Waals surface area contributed by atoms with E-state index in [-0.39, 0.29) is 28.9 Å². The van der Waals surface area contributed by atoms with Crippen molar-refractivity contribution < 1.29 is 19.7 Å². The first-order chi connectivity index (χ1) is 14.9. The van der Waals surface area contributed by atoms with Crippen molar-refractivity contribution in [2.24, 2.45) is 0 Å². The molecule has 0 saturated heterocycles. The van der Waals surface area contributed by atoms with Crippen LogP contribution < -0.4 is 10.1 Å². The first kappa shape index (κ1) is 22.7. The van der Waals surface area contributed by atoms with E-state index in [0.29, 0.717) is 29.0 Å². The third-order valence-corrected chi connectivity index (χ3v) is 5.97. The number of carbonyl (C=O) groups is 1. The first-order valence-corrected chi connectivity index (χ1v) is 11.1. The largest absolute Gasteiger partial charge is 0.507 e. The van der Waals surface area contributed by atoms with Gasteiger partial charge in [-0.2, -0.15) is 0 Å². The van der Waals surface area contributed by atoms with Crippen molar-refractivity contribution in [3.05, 3.63) is 58.7 Å². The van der Waals surface area contributed by atoms with Crippen molar-refractivity contribution in [1.29, 1.82) is 0 Å². The highest BCUT2D eigenvalue weighted by Crippen LogP contribution is 2.44. The van der Waals surface area contributed by atoms with E-state index in [2.05, 4.69) is 25.2 Å². The standard InChI is InChI=1S/C26H33NO4/c1-4-5-6-9-19-16-22(28)23(18-10-7-8-17(2)15-18)25(29)24(19)26(30)27-20-11-13-21(31-3)14-12-20/h11-16,18,28-29H,4-10H2,1-3H3,(H,27,30). The van der Waals surface area contributed by atoms with Gasteiger partial charge in [0, 0.05) is 17.2 Å². The second kappa shape index (κ2) is 10.4. The quantitative estimate of drug-likeness (QED) is 0.344. The Kier molecular flexibility index (Phi) is 7.61. The summed E-state index contributed by atoms with van der Waals surface area (Å²) in [5.41, 5.74) is 3.25. The summed E-state index contributed by atoms with van der Waals surface area (Å²) >= 11 is 0. The van der Waals surface area contributed by atoms with Crippen molar-refractivity contribution in [2.75, 3.05) is 12.4 Å². The number of rotatable bonds is 8. The lowest BCUT2D eigenvalue weighted by Crippen LogP contribution is -2.16. The van der Waals surface area contributed by atoms with E-state index in [9.17, 15) is 15.0 Å². The van der Waals surface area contributed by atoms with Gasteiger partial charge in [0.1, 0.15) is 17.2 Å². The van der Waals surface area contributed by atoms with E-state index in [1.54, 1.807) is 37.4 Å². The van der Waals surface area contributed by atoms with Crippen LogP contribution in [0.5, 0.6) is 17.2 Å². The Labute approximate surface area is 184 Å². The van der Waals surface area contributed by atoms with Crippen LogP contribution in [-0.2, 0) is 6.42 Å². The second-order valence-electron chi connectivity index (χ2n) is 8.34. The fourth-order valence-electron chi connectivity index (χ4n) is 4.31. The van der Waals surface area contributed by atoms with Gasteiger partial charge in [0.15, 0.2) is 0 Å². The van der Waals surface area contributed by atoms with Crippen molar-refractivity contribution in [2.45, 2.75) is 64.7 Å². The van der Waals surface area contributed by atoms with Gasteiger partial charge in [0.2, 0.25) is 0 Å². The van der Waals surface area contributed by atoms with Crippen LogP contribution in [0.15, 0.2) is 42.0 Å².